The second-order valence-corrected chi connectivity index (χ2v) is 6.65. The molecule has 1 unspecified atom stereocenters. The number of rotatable bonds is 3. The summed E-state index contributed by atoms with van der Waals surface area (Å²) in [7, 11) is 0. The van der Waals surface area contributed by atoms with Crippen LogP contribution in [0.25, 0.3) is 11.8 Å². The molecule has 6 heteroatoms. The molecule has 1 atom stereocenters. The van der Waals surface area contributed by atoms with Crippen LogP contribution in [0.5, 0.6) is 0 Å². The molecule has 0 aliphatic rings. The van der Waals surface area contributed by atoms with E-state index in [4.69, 9.17) is 23.2 Å². The molecule has 21 heavy (non-hydrogen) atoms. The smallest absolute Gasteiger partial charge is 0.147 e. The number of halogens is 3. The molecule has 1 heterocycles. The molecule has 2 rings (SSSR count). The van der Waals surface area contributed by atoms with Crippen molar-refractivity contribution in [2.24, 2.45) is 5.41 Å². The minimum Gasteiger partial charge on any atom is -0.240 e. The van der Waals surface area contributed by atoms with E-state index in [2.05, 4.69) is 10.1 Å². The standard InChI is InChI=1S/C15H16Cl2FN3/c1-15(2,3)14(18)13(21-9-19-8-20-21)6-10-4-5-11(16)7-12(10)17/h4-9,14H,1-3H3/b13-6+. The first-order chi connectivity index (χ1) is 9.79. The average molecular weight is 328 g/mol. The van der Waals surface area contributed by atoms with Crippen LogP contribution in [-0.2, 0) is 0 Å². The second-order valence-electron chi connectivity index (χ2n) is 5.80. The van der Waals surface area contributed by atoms with Crippen LogP contribution >= 0.6 is 23.2 Å². The van der Waals surface area contributed by atoms with Crippen molar-refractivity contribution in [1.29, 1.82) is 0 Å². The topological polar surface area (TPSA) is 30.7 Å². The van der Waals surface area contributed by atoms with E-state index in [0.29, 0.717) is 21.3 Å². The van der Waals surface area contributed by atoms with Crippen molar-refractivity contribution >= 4 is 35.0 Å². The van der Waals surface area contributed by atoms with Crippen molar-refractivity contribution in [3.05, 3.63) is 46.5 Å². The summed E-state index contributed by atoms with van der Waals surface area (Å²) in [5, 5.41) is 5.02. The number of nitrogens with zero attached hydrogens (tertiary/aromatic N) is 3. The molecule has 0 saturated heterocycles. The number of benzene rings is 1. The fourth-order valence-electron chi connectivity index (χ4n) is 1.82. The first-order valence-electron chi connectivity index (χ1n) is 6.45. The number of alkyl halides is 1. The van der Waals surface area contributed by atoms with Crippen molar-refractivity contribution in [2.75, 3.05) is 0 Å². The number of hydrogen-bond acceptors (Lipinski definition) is 2. The van der Waals surface area contributed by atoms with Crippen molar-refractivity contribution < 1.29 is 4.39 Å². The third-order valence-electron chi connectivity index (χ3n) is 2.97. The molecule has 2 aromatic rings. The average Bonchev–Trinajstić information content (AvgIpc) is 2.90. The predicted molar refractivity (Wildman–Crippen MR) is 85.0 cm³/mol. The third kappa shape index (κ3) is 3.83. The fourth-order valence-corrected chi connectivity index (χ4v) is 2.28. The van der Waals surface area contributed by atoms with E-state index < -0.39 is 11.6 Å². The van der Waals surface area contributed by atoms with E-state index in [0.717, 1.165) is 0 Å². The predicted octanol–water partition coefficient (Wildman–Crippen LogP) is 4.97. The maximum atomic E-state index is 14.8. The van der Waals surface area contributed by atoms with Crippen molar-refractivity contribution in [2.45, 2.75) is 26.9 Å². The minimum absolute atomic E-state index is 0.379. The molecule has 3 nitrogen and oxygen atoms in total. The summed E-state index contributed by atoms with van der Waals surface area (Å²) in [4.78, 5) is 3.88. The Morgan fingerprint density at radius 3 is 2.57 bits per heavy atom. The summed E-state index contributed by atoms with van der Waals surface area (Å²) in [5.41, 5.74) is 0.485. The Balaban J connectivity index is 2.52. The van der Waals surface area contributed by atoms with E-state index in [-0.39, 0.29) is 0 Å². The van der Waals surface area contributed by atoms with Crippen molar-refractivity contribution in [3.63, 3.8) is 0 Å². The molecule has 0 N–H and O–H groups in total. The van der Waals surface area contributed by atoms with E-state index in [1.165, 1.54) is 17.3 Å². The molecule has 112 valence electrons. The largest absolute Gasteiger partial charge is 0.240 e. The van der Waals surface area contributed by atoms with Gasteiger partial charge in [-0.3, -0.25) is 0 Å². The third-order valence-corrected chi connectivity index (χ3v) is 3.53. The summed E-state index contributed by atoms with van der Waals surface area (Å²) in [6.07, 6.45) is 3.27. The van der Waals surface area contributed by atoms with Gasteiger partial charge in [0.05, 0.1) is 5.70 Å². The molecule has 0 radical (unpaired) electrons. The molecule has 0 fully saturated rings. The van der Waals surface area contributed by atoms with Crippen LogP contribution in [0.3, 0.4) is 0 Å². The molecule has 0 saturated carbocycles. The lowest BCUT2D eigenvalue weighted by molar-refractivity contribution is 0.212. The van der Waals surface area contributed by atoms with Gasteiger partial charge in [-0.2, -0.15) is 5.10 Å². The van der Waals surface area contributed by atoms with Gasteiger partial charge in [0.2, 0.25) is 0 Å². The van der Waals surface area contributed by atoms with Gasteiger partial charge in [0.1, 0.15) is 18.8 Å². The number of allylic oxidation sites excluding steroid dienone is 1. The van der Waals surface area contributed by atoms with Gasteiger partial charge in [-0.1, -0.05) is 50.0 Å². The van der Waals surface area contributed by atoms with Crippen LogP contribution < -0.4 is 0 Å². The molecule has 0 amide bonds. The highest BCUT2D eigenvalue weighted by molar-refractivity contribution is 6.35. The van der Waals surface area contributed by atoms with Gasteiger partial charge in [0.25, 0.3) is 0 Å². The fraction of sp³-hybridized carbons (Fsp3) is 0.333. The molecule has 0 aliphatic heterocycles. The highest BCUT2D eigenvalue weighted by Crippen LogP contribution is 2.33. The van der Waals surface area contributed by atoms with Gasteiger partial charge in [0.15, 0.2) is 0 Å². The van der Waals surface area contributed by atoms with E-state index in [1.54, 1.807) is 24.3 Å². The molecule has 1 aromatic heterocycles. The zero-order chi connectivity index (χ0) is 15.6. The van der Waals surface area contributed by atoms with Crippen LogP contribution in [0.4, 0.5) is 4.39 Å². The van der Waals surface area contributed by atoms with Crippen LogP contribution in [-0.4, -0.2) is 20.9 Å². The van der Waals surface area contributed by atoms with Crippen LogP contribution in [0.2, 0.25) is 10.0 Å². The molecule has 0 spiro atoms. The quantitative estimate of drug-likeness (QED) is 0.797. The summed E-state index contributed by atoms with van der Waals surface area (Å²) < 4.78 is 16.2. The zero-order valence-electron chi connectivity index (χ0n) is 12.0. The molecule has 0 bridgehead atoms. The van der Waals surface area contributed by atoms with Gasteiger partial charge in [-0.25, -0.2) is 14.1 Å². The highest BCUT2D eigenvalue weighted by Gasteiger charge is 2.29. The summed E-state index contributed by atoms with van der Waals surface area (Å²) in [6.45, 7) is 5.48. The summed E-state index contributed by atoms with van der Waals surface area (Å²) >= 11 is 12.0. The Morgan fingerprint density at radius 2 is 2.05 bits per heavy atom. The Labute approximate surface area is 133 Å². The summed E-state index contributed by atoms with van der Waals surface area (Å²) in [6, 6.07) is 5.08. The van der Waals surface area contributed by atoms with E-state index in [1.807, 2.05) is 20.8 Å². The van der Waals surface area contributed by atoms with Gasteiger partial charge >= 0.3 is 0 Å². The van der Waals surface area contributed by atoms with Gasteiger partial charge < -0.3 is 0 Å². The Hall–Kier alpha value is -1.39. The molecule has 1 aromatic carbocycles. The van der Waals surface area contributed by atoms with Crippen LogP contribution in [0, 0.1) is 5.41 Å². The monoisotopic (exact) mass is 327 g/mol. The van der Waals surface area contributed by atoms with Crippen molar-refractivity contribution in [3.8, 4) is 0 Å². The van der Waals surface area contributed by atoms with Crippen molar-refractivity contribution in [1.82, 2.24) is 14.8 Å². The second kappa shape index (κ2) is 6.16. The lowest BCUT2D eigenvalue weighted by atomic mass is 9.87. The lowest BCUT2D eigenvalue weighted by Crippen LogP contribution is -2.26. The number of aromatic nitrogens is 3. The maximum Gasteiger partial charge on any atom is 0.147 e. The zero-order valence-corrected chi connectivity index (χ0v) is 13.5. The summed E-state index contributed by atoms with van der Waals surface area (Å²) in [5.74, 6) is 0. The van der Waals surface area contributed by atoms with E-state index >= 15 is 0 Å². The Kier molecular flexibility index (Phi) is 4.69. The molecular weight excluding hydrogens is 312 g/mol. The Morgan fingerprint density at radius 1 is 1.33 bits per heavy atom. The molecular formula is C15H16Cl2FN3. The van der Waals surface area contributed by atoms with Gasteiger partial charge in [-0.15, -0.1) is 0 Å². The van der Waals surface area contributed by atoms with Crippen LogP contribution in [0.15, 0.2) is 30.9 Å². The van der Waals surface area contributed by atoms with Crippen LogP contribution in [0.1, 0.15) is 26.3 Å². The molecule has 0 aliphatic carbocycles. The van der Waals surface area contributed by atoms with Gasteiger partial charge in [-0.05, 0) is 29.2 Å². The first-order valence-corrected chi connectivity index (χ1v) is 7.20. The number of hydrogen-bond donors (Lipinski definition) is 0. The van der Waals surface area contributed by atoms with E-state index in [9.17, 15) is 4.39 Å². The van der Waals surface area contributed by atoms with Gasteiger partial charge in [0, 0.05) is 10.0 Å². The SMILES string of the molecule is CC(C)(C)C(F)/C(=C\c1ccc(Cl)cc1Cl)n1cncn1. The normalized spacial score (nSPS) is 14.3. The maximum absolute atomic E-state index is 14.8. The first kappa shape index (κ1) is 16.0. The minimum atomic E-state index is -1.23. The lowest BCUT2D eigenvalue weighted by Gasteiger charge is -2.25. The highest BCUT2D eigenvalue weighted by atomic mass is 35.5. The Bertz CT molecular complexity index is 645.